The van der Waals surface area contributed by atoms with Crippen LogP contribution in [-0.2, 0) is 12.6 Å². The van der Waals surface area contributed by atoms with Crippen molar-refractivity contribution in [3.8, 4) is 11.4 Å². The summed E-state index contributed by atoms with van der Waals surface area (Å²) < 4.78 is 0. The van der Waals surface area contributed by atoms with Crippen molar-refractivity contribution in [1.82, 2.24) is 15.2 Å². The van der Waals surface area contributed by atoms with Crippen LogP contribution in [0.25, 0.3) is 11.4 Å². The van der Waals surface area contributed by atoms with Gasteiger partial charge in [-0.2, -0.15) is 5.10 Å². The minimum atomic E-state index is 0. The third-order valence-electron chi connectivity index (χ3n) is 1.50. The fourth-order valence-corrected chi connectivity index (χ4v) is 1.10. The summed E-state index contributed by atoms with van der Waals surface area (Å²) in [6.45, 7) is 0. The van der Waals surface area contributed by atoms with Crippen molar-refractivity contribution in [1.29, 1.82) is 0 Å². The Morgan fingerprint density at radius 2 is 1.85 bits per heavy atom. The third kappa shape index (κ3) is 2.51. The molecule has 5 heteroatoms. The Balaban J connectivity index is 0.000000845. The number of aromatic nitrogens is 3. The number of nitrogens with zero attached hydrogens (tertiary/aromatic N) is 2. The van der Waals surface area contributed by atoms with Gasteiger partial charge >= 0.3 is 29.6 Å². The molecule has 0 spiro atoms. The molecule has 1 heterocycles. The van der Waals surface area contributed by atoms with Gasteiger partial charge in [0.25, 0.3) is 0 Å². The zero-order chi connectivity index (χ0) is 8.39. The van der Waals surface area contributed by atoms with E-state index in [1.165, 1.54) is 0 Å². The van der Waals surface area contributed by atoms with E-state index in [2.05, 4.69) is 15.2 Å². The number of aromatic amines is 1. The largest absolute Gasteiger partial charge is 1.00 e. The van der Waals surface area contributed by atoms with Crippen LogP contribution in [0.4, 0.5) is 0 Å². The van der Waals surface area contributed by atoms with Crippen LogP contribution in [0.3, 0.4) is 0 Å². The minimum Gasteiger partial charge on any atom is -0.741 e. The molecular formula is C8H6N3NaS. The van der Waals surface area contributed by atoms with Crippen molar-refractivity contribution >= 4 is 12.6 Å². The first kappa shape index (κ1) is 10.7. The molecule has 2 aromatic rings. The van der Waals surface area contributed by atoms with Crippen LogP contribution in [0.1, 0.15) is 0 Å². The predicted molar refractivity (Wildman–Crippen MR) is 47.4 cm³/mol. The van der Waals surface area contributed by atoms with E-state index >= 15 is 0 Å². The van der Waals surface area contributed by atoms with Crippen LogP contribution >= 0.6 is 0 Å². The van der Waals surface area contributed by atoms with Crippen LogP contribution in [0.5, 0.6) is 0 Å². The molecule has 0 aliphatic heterocycles. The SMILES string of the molecule is [Na+].[S-]c1nc(-c2ccccc2)n[nH]1. The summed E-state index contributed by atoms with van der Waals surface area (Å²) in [5.74, 6) is 0.653. The van der Waals surface area contributed by atoms with Crippen molar-refractivity contribution in [2.24, 2.45) is 0 Å². The smallest absolute Gasteiger partial charge is 0.741 e. The molecule has 1 aromatic carbocycles. The Morgan fingerprint density at radius 1 is 1.15 bits per heavy atom. The first-order valence-corrected chi connectivity index (χ1v) is 3.92. The maximum Gasteiger partial charge on any atom is 1.00 e. The van der Waals surface area contributed by atoms with Gasteiger partial charge in [-0.25, -0.2) is 4.98 Å². The molecule has 0 saturated heterocycles. The van der Waals surface area contributed by atoms with E-state index in [9.17, 15) is 0 Å². The summed E-state index contributed by atoms with van der Waals surface area (Å²) in [5, 5.41) is 6.99. The van der Waals surface area contributed by atoms with E-state index in [0.29, 0.717) is 11.0 Å². The summed E-state index contributed by atoms with van der Waals surface area (Å²) in [4.78, 5) is 4.03. The second-order valence-corrected chi connectivity index (χ2v) is 2.72. The van der Waals surface area contributed by atoms with Crippen molar-refractivity contribution in [3.05, 3.63) is 30.3 Å². The maximum absolute atomic E-state index is 4.80. The van der Waals surface area contributed by atoms with Crippen LogP contribution in [0, 0.1) is 0 Å². The number of benzene rings is 1. The minimum absolute atomic E-state index is 0. The normalized spacial score (nSPS) is 9.23. The molecule has 0 atom stereocenters. The van der Waals surface area contributed by atoms with Gasteiger partial charge in [-0.3, -0.25) is 5.10 Å². The monoisotopic (exact) mass is 199 g/mol. The zero-order valence-electron chi connectivity index (χ0n) is 7.19. The van der Waals surface area contributed by atoms with E-state index in [1.54, 1.807) is 0 Å². The average molecular weight is 199 g/mol. The number of nitrogens with one attached hydrogen (secondary N) is 1. The van der Waals surface area contributed by atoms with E-state index < -0.39 is 0 Å². The van der Waals surface area contributed by atoms with Crippen LogP contribution in [0.15, 0.2) is 35.5 Å². The van der Waals surface area contributed by atoms with Gasteiger partial charge in [0.05, 0.1) is 0 Å². The topological polar surface area (TPSA) is 41.6 Å². The van der Waals surface area contributed by atoms with Gasteiger partial charge in [-0.1, -0.05) is 30.3 Å². The summed E-state index contributed by atoms with van der Waals surface area (Å²) >= 11 is 4.80. The van der Waals surface area contributed by atoms with Crippen molar-refractivity contribution in [2.75, 3.05) is 0 Å². The molecule has 3 nitrogen and oxygen atoms in total. The standard InChI is InChI=1S/C8H7N3S.Na/c12-8-9-7(10-11-8)6-4-2-1-3-5-6;/h1-5H,(H2,9,10,11,12);/q;+1/p-1. The van der Waals surface area contributed by atoms with Gasteiger partial charge in [0, 0.05) is 10.7 Å². The summed E-state index contributed by atoms with van der Waals surface area (Å²) in [6.07, 6.45) is 0. The molecule has 0 aliphatic carbocycles. The predicted octanol–water partition coefficient (Wildman–Crippen LogP) is -1.62. The van der Waals surface area contributed by atoms with E-state index in [4.69, 9.17) is 12.6 Å². The number of hydrogen-bond acceptors (Lipinski definition) is 3. The molecule has 0 saturated carbocycles. The Bertz CT molecular complexity index is 374. The Labute approximate surface area is 104 Å². The molecule has 2 rings (SSSR count). The van der Waals surface area contributed by atoms with Gasteiger partial charge < -0.3 is 12.6 Å². The van der Waals surface area contributed by atoms with E-state index in [-0.39, 0.29) is 29.6 Å². The Kier molecular flexibility index (Phi) is 3.87. The zero-order valence-corrected chi connectivity index (χ0v) is 10.0. The molecule has 0 unspecified atom stereocenters. The molecule has 1 N–H and O–H groups in total. The molecule has 1 aromatic heterocycles. The average Bonchev–Trinajstić information content (AvgIpc) is 2.54. The van der Waals surface area contributed by atoms with Gasteiger partial charge in [0.2, 0.25) is 0 Å². The maximum atomic E-state index is 4.80. The molecule has 60 valence electrons. The molecular weight excluding hydrogens is 193 g/mol. The Morgan fingerprint density at radius 3 is 2.38 bits per heavy atom. The quantitative estimate of drug-likeness (QED) is 0.443. The first-order chi connectivity index (χ1) is 5.86. The summed E-state index contributed by atoms with van der Waals surface area (Å²) in [5.41, 5.74) is 0.977. The fraction of sp³-hybridized carbons (Fsp3) is 0. The fourth-order valence-electron chi connectivity index (χ4n) is 0.963. The number of H-pyrrole nitrogens is 1. The van der Waals surface area contributed by atoms with Crippen LogP contribution in [0.2, 0.25) is 0 Å². The Hall–Kier alpha value is -0.420. The second kappa shape index (κ2) is 4.72. The molecule has 13 heavy (non-hydrogen) atoms. The third-order valence-corrected chi connectivity index (χ3v) is 1.68. The van der Waals surface area contributed by atoms with E-state index in [1.807, 2.05) is 30.3 Å². The molecule has 0 fully saturated rings. The molecule has 0 aliphatic rings. The number of hydrogen-bond donors (Lipinski definition) is 1. The van der Waals surface area contributed by atoms with E-state index in [0.717, 1.165) is 5.56 Å². The van der Waals surface area contributed by atoms with Gasteiger partial charge in [0.1, 0.15) is 0 Å². The summed E-state index contributed by atoms with van der Waals surface area (Å²) in [7, 11) is 0. The summed E-state index contributed by atoms with van der Waals surface area (Å²) in [6, 6.07) is 9.71. The number of rotatable bonds is 1. The molecule has 0 radical (unpaired) electrons. The van der Waals surface area contributed by atoms with Gasteiger partial charge in [0.15, 0.2) is 5.82 Å². The van der Waals surface area contributed by atoms with Crippen molar-refractivity contribution in [2.45, 2.75) is 5.16 Å². The second-order valence-electron chi connectivity index (χ2n) is 2.33. The molecule has 0 amide bonds. The molecule has 0 bridgehead atoms. The first-order valence-electron chi connectivity index (χ1n) is 3.51. The van der Waals surface area contributed by atoms with Crippen molar-refractivity contribution in [3.63, 3.8) is 0 Å². The van der Waals surface area contributed by atoms with Crippen molar-refractivity contribution < 1.29 is 29.6 Å². The van der Waals surface area contributed by atoms with Crippen LogP contribution in [-0.4, -0.2) is 15.2 Å². The van der Waals surface area contributed by atoms with Gasteiger partial charge in [-0.05, 0) is 0 Å². The van der Waals surface area contributed by atoms with Gasteiger partial charge in [-0.15, -0.1) is 0 Å². The van der Waals surface area contributed by atoms with Crippen LogP contribution < -0.4 is 29.6 Å².